The average molecular weight is 384 g/mol. The fraction of sp³-hybridized carbons (Fsp3) is 0.238. The predicted octanol–water partition coefficient (Wildman–Crippen LogP) is 4.22. The molecule has 1 heterocycles. The molecule has 3 aromatic rings. The molecule has 6 heteroatoms. The molecule has 1 N–H and O–H groups in total. The van der Waals surface area contributed by atoms with E-state index >= 15 is 0 Å². The Hall–Kier alpha value is -2.66. The Kier molecular flexibility index (Phi) is 4.70. The van der Waals surface area contributed by atoms with Gasteiger partial charge >= 0.3 is 0 Å². The summed E-state index contributed by atoms with van der Waals surface area (Å²) in [6, 6.07) is 13.3. The number of halogens is 2. The van der Waals surface area contributed by atoms with Crippen LogP contribution in [0.4, 0.5) is 4.39 Å². The molecule has 1 aliphatic rings. The van der Waals surface area contributed by atoms with Gasteiger partial charge in [0.25, 0.3) is 0 Å². The lowest BCUT2D eigenvalue weighted by Gasteiger charge is -2.19. The average Bonchev–Trinajstić information content (AvgIpc) is 3.34. The molecule has 0 saturated heterocycles. The van der Waals surface area contributed by atoms with Crippen LogP contribution in [-0.2, 0) is 11.8 Å². The van der Waals surface area contributed by atoms with Crippen molar-refractivity contribution in [2.24, 2.45) is 13.0 Å². The molecule has 3 atom stereocenters. The minimum atomic E-state index is -0.513. The summed E-state index contributed by atoms with van der Waals surface area (Å²) in [7, 11) is 1.85. The van der Waals surface area contributed by atoms with Gasteiger partial charge in [-0.3, -0.25) is 4.79 Å². The molecule has 1 amide bonds. The Morgan fingerprint density at radius 2 is 2.11 bits per heavy atom. The number of imidazole rings is 1. The maximum Gasteiger partial charge on any atom is 0.224 e. The van der Waals surface area contributed by atoms with Gasteiger partial charge in [-0.2, -0.15) is 0 Å². The Morgan fingerprint density at radius 1 is 1.30 bits per heavy atom. The predicted molar refractivity (Wildman–Crippen MR) is 102 cm³/mol. The van der Waals surface area contributed by atoms with Crippen LogP contribution in [0.1, 0.15) is 35.3 Å². The van der Waals surface area contributed by atoms with E-state index in [0.717, 1.165) is 12.0 Å². The zero-order valence-electron chi connectivity index (χ0n) is 14.8. The van der Waals surface area contributed by atoms with E-state index in [1.165, 1.54) is 12.1 Å². The van der Waals surface area contributed by atoms with Gasteiger partial charge in [-0.15, -0.1) is 0 Å². The molecule has 1 fully saturated rings. The summed E-state index contributed by atoms with van der Waals surface area (Å²) >= 11 is 6.26. The third kappa shape index (κ3) is 3.60. The van der Waals surface area contributed by atoms with E-state index in [-0.39, 0.29) is 23.6 Å². The van der Waals surface area contributed by atoms with Crippen LogP contribution in [-0.4, -0.2) is 15.5 Å². The maximum absolute atomic E-state index is 13.8. The Morgan fingerprint density at radius 3 is 2.81 bits per heavy atom. The Balaban J connectivity index is 1.57. The first-order valence-electron chi connectivity index (χ1n) is 8.82. The highest BCUT2D eigenvalue weighted by atomic mass is 35.5. The van der Waals surface area contributed by atoms with Gasteiger partial charge in [-0.25, -0.2) is 9.37 Å². The molecule has 138 valence electrons. The van der Waals surface area contributed by atoms with Gasteiger partial charge in [0.15, 0.2) is 0 Å². The van der Waals surface area contributed by atoms with Crippen LogP contribution in [0.25, 0.3) is 0 Å². The highest BCUT2D eigenvalue weighted by Gasteiger charge is 2.45. The molecule has 1 aliphatic carbocycles. The lowest BCUT2D eigenvalue weighted by Crippen LogP contribution is -2.32. The first-order chi connectivity index (χ1) is 13.0. The Labute approximate surface area is 162 Å². The number of rotatable bonds is 5. The van der Waals surface area contributed by atoms with Crippen LogP contribution in [0.3, 0.4) is 0 Å². The smallest absolute Gasteiger partial charge is 0.224 e. The molecule has 2 aromatic carbocycles. The van der Waals surface area contributed by atoms with E-state index in [1.807, 2.05) is 35.9 Å². The SMILES string of the molecule is Cn1ccnc1C(NC(=O)C1CC1c1ccccc1Cl)c1cccc(F)c1. The van der Waals surface area contributed by atoms with E-state index in [9.17, 15) is 9.18 Å². The largest absolute Gasteiger partial charge is 0.342 e. The second-order valence-corrected chi connectivity index (χ2v) is 7.27. The molecule has 4 rings (SSSR count). The number of amides is 1. The number of hydrogen-bond acceptors (Lipinski definition) is 2. The molecule has 1 saturated carbocycles. The van der Waals surface area contributed by atoms with Gasteiger partial charge in [0.05, 0.1) is 0 Å². The number of nitrogens with zero attached hydrogens (tertiary/aromatic N) is 2. The van der Waals surface area contributed by atoms with Gasteiger partial charge in [0, 0.05) is 30.4 Å². The van der Waals surface area contributed by atoms with E-state index in [0.29, 0.717) is 16.4 Å². The van der Waals surface area contributed by atoms with Crippen LogP contribution in [0, 0.1) is 11.7 Å². The molecular weight excluding hydrogens is 365 g/mol. The van der Waals surface area contributed by atoms with Crippen LogP contribution in [0.2, 0.25) is 5.02 Å². The fourth-order valence-electron chi connectivity index (χ4n) is 3.49. The van der Waals surface area contributed by atoms with Gasteiger partial charge < -0.3 is 9.88 Å². The first kappa shape index (κ1) is 17.7. The van der Waals surface area contributed by atoms with Crippen LogP contribution in [0.5, 0.6) is 0 Å². The van der Waals surface area contributed by atoms with Crippen molar-refractivity contribution in [3.63, 3.8) is 0 Å². The van der Waals surface area contributed by atoms with Crippen molar-refractivity contribution in [3.8, 4) is 0 Å². The minimum absolute atomic E-state index is 0.0721. The minimum Gasteiger partial charge on any atom is -0.342 e. The van der Waals surface area contributed by atoms with Gasteiger partial charge in [0.2, 0.25) is 5.91 Å². The lowest BCUT2D eigenvalue weighted by atomic mass is 10.0. The van der Waals surface area contributed by atoms with Gasteiger partial charge in [-0.05, 0) is 41.7 Å². The molecule has 0 bridgehead atoms. The van der Waals surface area contributed by atoms with Crippen LogP contribution >= 0.6 is 11.6 Å². The summed E-state index contributed by atoms with van der Waals surface area (Å²) in [5.74, 6) is 0.219. The summed E-state index contributed by atoms with van der Waals surface area (Å²) in [6.07, 6.45) is 4.22. The van der Waals surface area contributed by atoms with Crippen molar-refractivity contribution in [1.29, 1.82) is 0 Å². The number of carbonyl (C=O) groups is 1. The molecular formula is C21H19ClFN3O. The molecule has 4 nitrogen and oxygen atoms in total. The molecule has 0 radical (unpaired) electrons. The maximum atomic E-state index is 13.8. The van der Waals surface area contributed by atoms with E-state index < -0.39 is 6.04 Å². The van der Waals surface area contributed by atoms with E-state index in [1.54, 1.807) is 24.5 Å². The standard InChI is InChI=1S/C21H19ClFN3O/c1-26-10-9-24-20(26)19(13-5-4-6-14(23)11-13)25-21(27)17-12-16(17)15-7-2-3-8-18(15)22/h2-11,16-17,19H,12H2,1H3,(H,25,27). The summed E-state index contributed by atoms with van der Waals surface area (Å²) in [5, 5.41) is 3.74. The number of aryl methyl sites for hydroxylation is 1. The summed E-state index contributed by atoms with van der Waals surface area (Å²) in [6.45, 7) is 0. The quantitative estimate of drug-likeness (QED) is 0.717. The van der Waals surface area contributed by atoms with Crippen molar-refractivity contribution in [2.75, 3.05) is 0 Å². The highest BCUT2D eigenvalue weighted by molar-refractivity contribution is 6.31. The third-order valence-electron chi connectivity index (χ3n) is 5.02. The zero-order chi connectivity index (χ0) is 19.0. The summed E-state index contributed by atoms with van der Waals surface area (Å²) < 4.78 is 15.6. The van der Waals surface area contributed by atoms with Gasteiger partial charge in [0.1, 0.15) is 17.7 Å². The number of nitrogens with one attached hydrogen (secondary N) is 1. The van der Waals surface area contributed by atoms with Crippen molar-refractivity contribution in [2.45, 2.75) is 18.4 Å². The molecule has 0 aliphatic heterocycles. The second kappa shape index (κ2) is 7.16. The third-order valence-corrected chi connectivity index (χ3v) is 5.36. The molecule has 3 unspecified atom stereocenters. The van der Waals surface area contributed by atoms with E-state index in [4.69, 9.17) is 11.6 Å². The number of carbonyl (C=O) groups excluding carboxylic acids is 1. The number of aromatic nitrogens is 2. The van der Waals surface area contributed by atoms with Crippen molar-refractivity contribution in [1.82, 2.24) is 14.9 Å². The highest BCUT2D eigenvalue weighted by Crippen LogP contribution is 2.49. The monoisotopic (exact) mass is 383 g/mol. The topological polar surface area (TPSA) is 46.9 Å². The molecule has 0 spiro atoms. The van der Waals surface area contributed by atoms with Crippen LogP contribution in [0.15, 0.2) is 60.9 Å². The molecule has 27 heavy (non-hydrogen) atoms. The number of hydrogen-bond donors (Lipinski definition) is 1. The fourth-order valence-corrected chi connectivity index (χ4v) is 3.77. The number of benzene rings is 2. The van der Waals surface area contributed by atoms with Crippen molar-refractivity contribution in [3.05, 3.63) is 88.7 Å². The van der Waals surface area contributed by atoms with Gasteiger partial charge in [-0.1, -0.05) is 41.9 Å². The Bertz CT molecular complexity index is 987. The van der Waals surface area contributed by atoms with Crippen LogP contribution < -0.4 is 5.32 Å². The lowest BCUT2D eigenvalue weighted by molar-refractivity contribution is -0.123. The zero-order valence-corrected chi connectivity index (χ0v) is 15.5. The second-order valence-electron chi connectivity index (χ2n) is 6.86. The molecule has 1 aromatic heterocycles. The summed E-state index contributed by atoms with van der Waals surface area (Å²) in [5.41, 5.74) is 1.66. The first-order valence-corrected chi connectivity index (χ1v) is 9.20. The van der Waals surface area contributed by atoms with E-state index in [2.05, 4.69) is 10.3 Å². The normalized spacial score (nSPS) is 19.5. The summed E-state index contributed by atoms with van der Waals surface area (Å²) in [4.78, 5) is 17.2. The van der Waals surface area contributed by atoms with Crippen molar-refractivity contribution < 1.29 is 9.18 Å². The van der Waals surface area contributed by atoms with Crippen molar-refractivity contribution >= 4 is 17.5 Å².